The van der Waals surface area contributed by atoms with Crippen molar-refractivity contribution in [2.24, 2.45) is 7.05 Å². The van der Waals surface area contributed by atoms with Crippen molar-refractivity contribution < 1.29 is 0 Å². The van der Waals surface area contributed by atoms with Crippen LogP contribution < -0.4 is 5.32 Å². The highest BCUT2D eigenvalue weighted by Crippen LogP contribution is 2.26. The summed E-state index contributed by atoms with van der Waals surface area (Å²) in [7, 11) is 2.07. The molecule has 1 N–H and O–H groups in total. The van der Waals surface area contributed by atoms with Crippen molar-refractivity contribution in [3.05, 3.63) is 35.4 Å². The Labute approximate surface area is 129 Å². The zero-order valence-electron chi connectivity index (χ0n) is 12.5. The Morgan fingerprint density at radius 3 is 3.10 bits per heavy atom. The highest BCUT2D eigenvalue weighted by molar-refractivity contribution is 7.98. The Morgan fingerprint density at radius 1 is 1.43 bits per heavy atom. The van der Waals surface area contributed by atoms with Crippen LogP contribution in [0.4, 0.5) is 0 Å². The number of thioether (sulfide) groups is 1. The van der Waals surface area contributed by atoms with Crippen molar-refractivity contribution in [1.82, 2.24) is 25.1 Å². The van der Waals surface area contributed by atoms with Gasteiger partial charge in [0.2, 0.25) is 0 Å². The van der Waals surface area contributed by atoms with E-state index in [0.717, 1.165) is 35.5 Å². The van der Waals surface area contributed by atoms with Crippen LogP contribution in [0.15, 0.2) is 23.5 Å². The predicted octanol–water partition coefficient (Wildman–Crippen LogP) is 2.28. The van der Waals surface area contributed by atoms with Crippen LogP contribution in [0.25, 0.3) is 0 Å². The molecule has 2 aromatic heterocycles. The number of nitrogens with one attached hydrogen (secondary N) is 1. The van der Waals surface area contributed by atoms with Crippen molar-refractivity contribution in [2.75, 3.05) is 13.1 Å². The number of aromatic nitrogens is 4. The highest BCUT2D eigenvalue weighted by Gasteiger charge is 2.21. The maximum absolute atomic E-state index is 4.43. The summed E-state index contributed by atoms with van der Waals surface area (Å²) in [5.74, 6) is 2.42. The van der Waals surface area contributed by atoms with E-state index < -0.39 is 0 Å². The van der Waals surface area contributed by atoms with E-state index in [1.54, 1.807) is 11.8 Å². The molecule has 1 fully saturated rings. The maximum Gasteiger partial charge on any atom is 0.191 e. The molecule has 1 aliphatic rings. The summed E-state index contributed by atoms with van der Waals surface area (Å²) >= 11 is 1.71. The molecule has 21 heavy (non-hydrogen) atoms. The first-order valence-electron chi connectivity index (χ1n) is 7.39. The third-order valence-corrected chi connectivity index (χ3v) is 5.02. The van der Waals surface area contributed by atoms with Crippen LogP contribution in [0.3, 0.4) is 0 Å². The molecule has 2 aromatic rings. The van der Waals surface area contributed by atoms with E-state index >= 15 is 0 Å². The van der Waals surface area contributed by atoms with Crippen LogP contribution >= 0.6 is 11.8 Å². The predicted molar refractivity (Wildman–Crippen MR) is 84.4 cm³/mol. The van der Waals surface area contributed by atoms with E-state index in [4.69, 9.17) is 0 Å². The lowest BCUT2D eigenvalue weighted by Crippen LogP contribution is -2.29. The molecule has 5 nitrogen and oxygen atoms in total. The van der Waals surface area contributed by atoms with Gasteiger partial charge in [-0.2, -0.15) is 0 Å². The van der Waals surface area contributed by atoms with Crippen LogP contribution in [-0.4, -0.2) is 32.8 Å². The minimum atomic E-state index is 0.488. The Hall–Kier alpha value is -1.40. The largest absolute Gasteiger partial charge is 0.316 e. The summed E-state index contributed by atoms with van der Waals surface area (Å²) in [6.07, 6.45) is 4.26. The van der Waals surface area contributed by atoms with Crippen molar-refractivity contribution in [2.45, 2.75) is 36.6 Å². The number of hydrogen-bond donors (Lipinski definition) is 1. The fourth-order valence-electron chi connectivity index (χ4n) is 2.68. The minimum Gasteiger partial charge on any atom is -0.316 e. The molecule has 0 bridgehead atoms. The third kappa shape index (κ3) is 3.27. The minimum absolute atomic E-state index is 0.488. The highest BCUT2D eigenvalue weighted by atomic mass is 32.2. The Kier molecular flexibility index (Phi) is 4.55. The molecule has 1 atom stereocenters. The molecule has 0 aliphatic carbocycles. The summed E-state index contributed by atoms with van der Waals surface area (Å²) < 4.78 is 2.14. The van der Waals surface area contributed by atoms with E-state index in [-0.39, 0.29) is 0 Å². The smallest absolute Gasteiger partial charge is 0.191 e. The molecule has 3 heterocycles. The molecule has 0 unspecified atom stereocenters. The number of nitrogens with zero attached hydrogens (tertiary/aromatic N) is 4. The standard InChI is InChI=1S/C15H21N5S/c1-11-5-3-8-17-13(11)10-21-15-19-18-14(20(15)2)12-6-4-7-16-9-12/h3,5,8,12,16H,4,6-7,9-10H2,1-2H3/t12-/m0/s1. The van der Waals surface area contributed by atoms with Gasteiger partial charge in [0.05, 0.1) is 5.69 Å². The van der Waals surface area contributed by atoms with E-state index in [0.29, 0.717) is 5.92 Å². The summed E-state index contributed by atoms with van der Waals surface area (Å²) in [6.45, 7) is 4.23. The lowest BCUT2D eigenvalue weighted by atomic mass is 9.99. The number of aryl methyl sites for hydroxylation is 1. The molecule has 0 saturated carbocycles. The van der Waals surface area contributed by atoms with E-state index in [9.17, 15) is 0 Å². The van der Waals surface area contributed by atoms with Gasteiger partial charge in [0.1, 0.15) is 5.82 Å². The number of hydrogen-bond acceptors (Lipinski definition) is 5. The van der Waals surface area contributed by atoms with Gasteiger partial charge in [0.15, 0.2) is 5.16 Å². The van der Waals surface area contributed by atoms with Gasteiger partial charge in [-0.25, -0.2) is 0 Å². The molecule has 1 saturated heterocycles. The van der Waals surface area contributed by atoms with Crippen LogP contribution in [-0.2, 0) is 12.8 Å². The van der Waals surface area contributed by atoms with Crippen molar-refractivity contribution >= 4 is 11.8 Å². The van der Waals surface area contributed by atoms with E-state index in [1.807, 2.05) is 12.3 Å². The van der Waals surface area contributed by atoms with Gasteiger partial charge >= 0.3 is 0 Å². The monoisotopic (exact) mass is 303 g/mol. The number of rotatable bonds is 4. The first kappa shape index (κ1) is 14.5. The van der Waals surface area contributed by atoms with Crippen LogP contribution in [0.1, 0.15) is 35.8 Å². The molecule has 1 aliphatic heterocycles. The molecule has 0 aromatic carbocycles. The van der Waals surface area contributed by atoms with E-state index in [2.05, 4.69) is 45.1 Å². The molecule has 6 heteroatoms. The van der Waals surface area contributed by atoms with Gasteiger partial charge in [0, 0.05) is 31.5 Å². The average molecular weight is 303 g/mol. The molecule has 112 valence electrons. The third-order valence-electron chi connectivity index (χ3n) is 3.99. The Morgan fingerprint density at radius 2 is 2.33 bits per heavy atom. The molecule has 0 amide bonds. The van der Waals surface area contributed by atoms with Gasteiger partial charge in [-0.15, -0.1) is 10.2 Å². The van der Waals surface area contributed by atoms with Crippen LogP contribution in [0, 0.1) is 6.92 Å². The molecule has 0 spiro atoms. The maximum atomic E-state index is 4.43. The summed E-state index contributed by atoms with van der Waals surface area (Å²) in [5.41, 5.74) is 2.34. The Bertz CT molecular complexity index is 604. The van der Waals surface area contributed by atoms with Gasteiger partial charge < -0.3 is 9.88 Å². The lowest BCUT2D eigenvalue weighted by molar-refractivity contribution is 0.436. The number of pyridine rings is 1. The molecule has 3 rings (SSSR count). The van der Waals surface area contributed by atoms with Gasteiger partial charge in [0.25, 0.3) is 0 Å². The topological polar surface area (TPSA) is 55.6 Å². The normalized spacial score (nSPS) is 18.9. The first-order valence-corrected chi connectivity index (χ1v) is 8.37. The van der Waals surface area contributed by atoms with Crippen LogP contribution in [0.5, 0.6) is 0 Å². The fraction of sp³-hybridized carbons (Fsp3) is 0.533. The molecular formula is C15H21N5S. The zero-order valence-corrected chi connectivity index (χ0v) is 13.4. The van der Waals surface area contributed by atoms with Gasteiger partial charge in [-0.1, -0.05) is 17.8 Å². The fourth-order valence-corrected chi connectivity index (χ4v) is 3.64. The first-order chi connectivity index (χ1) is 10.3. The second-order valence-corrected chi connectivity index (χ2v) is 6.44. The van der Waals surface area contributed by atoms with Crippen molar-refractivity contribution in [1.29, 1.82) is 0 Å². The second kappa shape index (κ2) is 6.58. The summed E-state index contributed by atoms with van der Waals surface area (Å²) in [6, 6.07) is 4.07. The van der Waals surface area contributed by atoms with Crippen molar-refractivity contribution in [3.8, 4) is 0 Å². The summed E-state index contributed by atoms with van der Waals surface area (Å²) in [5, 5.41) is 13.2. The zero-order chi connectivity index (χ0) is 14.7. The SMILES string of the molecule is Cc1cccnc1CSc1nnc([C@H]2CCCNC2)n1C. The quantitative estimate of drug-likeness (QED) is 0.878. The molecule has 0 radical (unpaired) electrons. The Balaban J connectivity index is 1.69. The lowest BCUT2D eigenvalue weighted by Gasteiger charge is -2.21. The van der Waals surface area contributed by atoms with Gasteiger partial charge in [-0.3, -0.25) is 4.98 Å². The number of piperidine rings is 1. The van der Waals surface area contributed by atoms with Gasteiger partial charge in [-0.05, 0) is 37.9 Å². The molecular weight excluding hydrogens is 282 g/mol. The van der Waals surface area contributed by atoms with Crippen LogP contribution in [0.2, 0.25) is 0 Å². The average Bonchev–Trinajstić information content (AvgIpc) is 2.88. The van der Waals surface area contributed by atoms with Crippen molar-refractivity contribution in [3.63, 3.8) is 0 Å². The summed E-state index contributed by atoms with van der Waals surface area (Å²) in [4.78, 5) is 4.43. The van der Waals surface area contributed by atoms with E-state index in [1.165, 1.54) is 18.4 Å². The second-order valence-electron chi connectivity index (χ2n) is 5.50.